The van der Waals surface area contributed by atoms with E-state index in [0.29, 0.717) is 6.54 Å². The van der Waals surface area contributed by atoms with Gasteiger partial charge in [0.05, 0.1) is 18.8 Å². The summed E-state index contributed by atoms with van der Waals surface area (Å²) in [5.74, 6) is 0.263. The highest BCUT2D eigenvalue weighted by molar-refractivity contribution is 5.78. The number of amides is 2. The van der Waals surface area contributed by atoms with Crippen LogP contribution in [0.5, 0.6) is 0 Å². The lowest BCUT2D eigenvalue weighted by molar-refractivity contribution is -0.128. The van der Waals surface area contributed by atoms with Crippen molar-refractivity contribution >= 4 is 11.8 Å². The van der Waals surface area contributed by atoms with Crippen molar-refractivity contribution in [2.45, 2.75) is 70.1 Å². The summed E-state index contributed by atoms with van der Waals surface area (Å²) in [6.45, 7) is 1.98. The fourth-order valence-corrected chi connectivity index (χ4v) is 3.46. The number of hydrogen-bond donors (Lipinski definition) is 3. The van der Waals surface area contributed by atoms with E-state index in [4.69, 9.17) is 4.74 Å². The summed E-state index contributed by atoms with van der Waals surface area (Å²) < 4.78 is 5.84. The minimum absolute atomic E-state index is 0.0334. The van der Waals surface area contributed by atoms with E-state index in [1.54, 1.807) is 0 Å². The van der Waals surface area contributed by atoms with E-state index in [2.05, 4.69) is 10.6 Å². The maximum absolute atomic E-state index is 11.9. The Labute approximate surface area is 132 Å². The van der Waals surface area contributed by atoms with Crippen LogP contribution in [-0.2, 0) is 14.3 Å². The molecular formula is C16H28N2O4. The van der Waals surface area contributed by atoms with Crippen molar-refractivity contribution in [2.24, 2.45) is 5.92 Å². The van der Waals surface area contributed by atoms with Gasteiger partial charge in [-0.1, -0.05) is 12.8 Å². The molecule has 0 aromatic heterocycles. The monoisotopic (exact) mass is 312 g/mol. The Morgan fingerprint density at radius 2 is 1.91 bits per heavy atom. The van der Waals surface area contributed by atoms with Crippen molar-refractivity contribution in [1.29, 1.82) is 0 Å². The minimum Gasteiger partial charge on any atom is -0.394 e. The number of nitrogens with one attached hydrogen (secondary N) is 2. The van der Waals surface area contributed by atoms with Crippen molar-refractivity contribution in [1.82, 2.24) is 10.6 Å². The molecule has 6 heteroatoms. The first kappa shape index (κ1) is 17.2. The second kappa shape index (κ2) is 8.48. The van der Waals surface area contributed by atoms with Gasteiger partial charge in [0.15, 0.2) is 0 Å². The van der Waals surface area contributed by atoms with Crippen LogP contribution in [0.3, 0.4) is 0 Å². The molecule has 2 aliphatic rings. The molecule has 0 spiro atoms. The van der Waals surface area contributed by atoms with E-state index in [1.165, 1.54) is 6.92 Å². The van der Waals surface area contributed by atoms with E-state index in [0.717, 1.165) is 44.9 Å². The van der Waals surface area contributed by atoms with E-state index < -0.39 is 0 Å². The van der Waals surface area contributed by atoms with Crippen LogP contribution in [0.25, 0.3) is 0 Å². The van der Waals surface area contributed by atoms with Gasteiger partial charge in [-0.25, -0.2) is 0 Å². The lowest BCUT2D eigenvalue weighted by Crippen LogP contribution is -2.50. The molecule has 3 N–H and O–H groups in total. The van der Waals surface area contributed by atoms with Crippen LogP contribution < -0.4 is 10.6 Å². The third-order valence-electron chi connectivity index (χ3n) is 4.68. The van der Waals surface area contributed by atoms with Crippen molar-refractivity contribution in [3.63, 3.8) is 0 Å². The van der Waals surface area contributed by atoms with Gasteiger partial charge in [-0.3, -0.25) is 9.59 Å². The largest absolute Gasteiger partial charge is 0.394 e. The highest BCUT2D eigenvalue weighted by Gasteiger charge is 2.31. The Balaban J connectivity index is 1.68. The lowest BCUT2D eigenvalue weighted by Gasteiger charge is -2.36. The maximum atomic E-state index is 11.9. The average molecular weight is 312 g/mol. The Hall–Kier alpha value is -1.14. The van der Waals surface area contributed by atoms with Crippen molar-refractivity contribution in [2.75, 3.05) is 13.2 Å². The smallest absolute Gasteiger partial charge is 0.223 e. The van der Waals surface area contributed by atoms with E-state index in [9.17, 15) is 14.7 Å². The van der Waals surface area contributed by atoms with Gasteiger partial charge >= 0.3 is 0 Å². The molecule has 22 heavy (non-hydrogen) atoms. The highest BCUT2D eigenvalue weighted by Crippen LogP contribution is 2.25. The van der Waals surface area contributed by atoms with Gasteiger partial charge in [-0.2, -0.15) is 0 Å². The molecule has 1 aliphatic carbocycles. The molecule has 1 saturated carbocycles. The second-order valence-corrected chi connectivity index (χ2v) is 6.42. The summed E-state index contributed by atoms with van der Waals surface area (Å²) >= 11 is 0. The maximum Gasteiger partial charge on any atom is 0.223 e. The van der Waals surface area contributed by atoms with Crippen molar-refractivity contribution in [3.05, 3.63) is 0 Å². The van der Waals surface area contributed by atoms with E-state index in [-0.39, 0.29) is 42.6 Å². The number of aliphatic hydroxyl groups is 1. The van der Waals surface area contributed by atoms with Crippen LogP contribution in [0.4, 0.5) is 0 Å². The molecule has 0 aromatic carbocycles. The number of rotatable bonds is 6. The number of carbonyl (C=O) groups excluding carboxylic acids is 2. The second-order valence-electron chi connectivity index (χ2n) is 6.42. The molecule has 126 valence electrons. The first-order valence-corrected chi connectivity index (χ1v) is 8.41. The topological polar surface area (TPSA) is 87.7 Å². The molecule has 2 amide bonds. The Bertz CT molecular complexity index is 382. The number of hydrogen-bond acceptors (Lipinski definition) is 4. The SMILES string of the molecule is CC(=O)N[C@H]1CC[C@H](CCNC(=O)C2CCCC2)O[C@H]1CO. The van der Waals surface area contributed by atoms with Gasteiger partial charge in [0.25, 0.3) is 0 Å². The van der Waals surface area contributed by atoms with Crippen LogP contribution in [-0.4, -0.2) is 48.3 Å². The van der Waals surface area contributed by atoms with Crippen LogP contribution in [0.15, 0.2) is 0 Å². The van der Waals surface area contributed by atoms with Crippen molar-refractivity contribution in [3.8, 4) is 0 Å². The van der Waals surface area contributed by atoms with E-state index >= 15 is 0 Å². The van der Waals surface area contributed by atoms with Gasteiger partial charge in [-0.05, 0) is 32.1 Å². The molecule has 0 bridgehead atoms. The fourth-order valence-electron chi connectivity index (χ4n) is 3.46. The minimum atomic E-state index is -0.354. The molecule has 2 rings (SSSR count). The highest BCUT2D eigenvalue weighted by atomic mass is 16.5. The summed E-state index contributed by atoms with van der Waals surface area (Å²) in [6.07, 6.45) is 6.40. The zero-order valence-corrected chi connectivity index (χ0v) is 13.3. The molecule has 1 heterocycles. The van der Waals surface area contributed by atoms with Crippen molar-refractivity contribution < 1.29 is 19.4 Å². The Kier molecular flexibility index (Phi) is 6.64. The lowest BCUT2D eigenvalue weighted by atomic mass is 9.97. The van der Waals surface area contributed by atoms with Gasteiger partial charge in [0, 0.05) is 19.4 Å². The molecule has 3 atom stereocenters. The predicted molar refractivity (Wildman–Crippen MR) is 82.2 cm³/mol. The van der Waals surface area contributed by atoms with Gasteiger partial charge in [-0.15, -0.1) is 0 Å². The number of carbonyl (C=O) groups is 2. The summed E-state index contributed by atoms with van der Waals surface area (Å²) in [6, 6.07) is -0.119. The fraction of sp³-hybridized carbons (Fsp3) is 0.875. The van der Waals surface area contributed by atoms with Crippen LogP contribution in [0.1, 0.15) is 51.9 Å². The first-order chi connectivity index (χ1) is 10.6. The number of aliphatic hydroxyl groups excluding tert-OH is 1. The third kappa shape index (κ3) is 4.95. The molecule has 0 aromatic rings. The zero-order valence-electron chi connectivity index (χ0n) is 13.3. The molecule has 6 nitrogen and oxygen atoms in total. The summed E-state index contributed by atoms with van der Waals surface area (Å²) in [7, 11) is 0. The standard InChI is InChI=1S/C16H28N2O4/c1-11(20)18-14-7-6-13(22-15(14)10-19)8-9-17-16(21)12-4-2-3-5-12/h12-15,19H,2-10H2,1H3,(H,17,21)(H,18,20)/t13-,14+,15+/m1/s1. The summed E-state index contributed by atoms with van der Waals surface area (Å²) in [5, 5.41) is 15.2. The zero-order chi connectivity index (χ0) is 15.9. The molecule has 1 aliphatic heterocycles. The van der Waals surface area contributed by atoms with E-state index in [1.807, 2.05) is 0 Å². The Morgan fingerprint density at radius 1 is 1.18 bits per heavy atom. The van der Waals surface area contributed by atoms with Crippen LogP contribution >= 0.6 is 0 Å². The Morgan fingerprint density at radius 3 is 2.55 bits per heavy atom. The molecule has 2 fully saturated rings. The van der Waals surface area contributed by atoms with Crippen LogP contribution in [0.2, 0.25) is 0 Å². The van der Waals surface area contributed by atoms with Crippen LogP contribution in [0, 0.1) is 5.92 Å². The summed E-state index contributed by atoms with van der Waals surface area (Å²) in [5.41, 5.74) is 0. The number of ether oxygens (including phenoxy) is 1. The predicted octanol–water partition coefficient (Wildman–Crippen LogP) is 0.728. The molecule has 0 unspecified atom stereocenters. The quantitative estimate of drug-likeness (QED) is 0.674. The van der Waals surface area contributed by atoms with Gasteiger partial charge in [0.2, 0.25) is 11.8 Å². The third-order valence-corrected chi connectivity index (χ3v) is 4.68. The summed E-state index contributed by atoms with van der Waals surface area (Å²) in [4.78, 5) is 23.1. The average Bonchev–Trinajstić information content (AvgIpc) is 3.02. The molecule has 1 saturated heterocycles. The molecular weight excluding hydrogens is 284 g/mol. The first-order valence-electron chi connectivity index (χ1n) is 8.41. The molecule has 0 radical (unpaired) electrons. The van der Waals surface area contributed by atoms with Gasteiger partial charge < -0.3 is 20.5 Å². The normalized spacial score (nSPS) is 29.3. The van der Waals surface area contributed by atoms with Gasteiger partial charge in [0.1, 0.15) is 6.10 Å².